The second kappa shape index (κ2) is 7.08. The molecule has 1 fully saturated rings. The number of nitrogens with zero attached hydrogens (tertiary/aromatic N) is 1. The highest BCUT2D eigenvalue weighted by Gasteiger charge is 2.42. The van der Waals surface area contributed by atoms with E-state index in [9.17, 15) is 14.4 Å². The van der Waals surface area contributed by atoms with Crippen LogP contribution in [0, 0.1) is 5.41 Å². The van der Waals surface area contributed by atoms with Gasteiger partial charge in [-0.25, -0.2) is 9.69 Å². The predicted octanol–water partition coefficient (Wildman–Crippen LogP) is 1.98. The third-order valence-corrected chi connectivity index (χ3v) is 4.21. The molecule has 1 saturated heterocycles. The molecular weight excluding hydrogens is 282 g/mol. The summed E-state index contributed by atoms with van der Waals surface area (Å²) in [6, 6.07) is 0. The number of Topliss-reactive ketones (excluding diaryl/α,β-unsaturated/α-hetero) is 1. The average Bonchev–Trinajstić information content (AvgIpc) is 2.88. The maximum atomic E-state index is 12.1. The third-order valence-electron chi connectivity index (χ3n) is 3.95. The molecule has 0 aromatic carbocycles. The molecule has 0 saturated carbocycles. The van der Waals surface area contributed by atoms with Crippen molar-refractivity contribution < 1.29 is 23.3 Å². The number of hydrogen-bond donors (Lipinski definition) is 1. The zero-order valence-corrected chi connectivity index (χ0v) is 12.9. The monoisotopic (exact) mass is 303 g/mol. The molecular formula is C13H21NO5S. The lowest BCUT2D eigenvalue weighted by molar-refractivity contribution is -0.137. The second-order valence-electron chi connectivity index (χ2n) is 5.01. The first-order valence-corrected chi connectivity index (χ1v) is 7.07. The molecule has 6 nitrogen and oxygen atoms in total. The summed E-state index contributed by atoms with van der Waals surface area (Å²) in [5.41, 5.74) is -0.796. The van der Waals surface area contributed by atoms with Crippen LogP contribution in [-0.2, 0) is 18.5 Å². The smallest absolute Gasteiger partial charge is 0.416 e. The van der Waals surface area contributed by atoms with Gasteiger partial charge in [0.1, 0.15) is 12.4 Å². The Bertz CT molecular complexity index is 400. The van der Waals surface area contributed by atoms with E-state index in [1.165, 1.54) is 0 Å². The molecule has 1 heterocycles. The van der Waals surface area contributed by atoms with Crippen LogP contribution >= 0.6 is 12.9 Å². The number of thiol groups is 1. The number of ether oxygens (including phenoxy) is 1. The highest BCUT2D eigenvalue weighted by atomic mass is 32.1. The van der Waals surface area contributed by atoms with E-state index in [0.717, 1.165) is 4.90 Å². The van der Waals surface area contributed by atoms with Crippen molar-refractivity contribution in [2.75, 3.05) is 13.2 Å². The summed E-state index contributed by atoms with van der Waals surface area (Å²) in [5, 5.41) is 0. The quantitative estimate of drug-likeness (QED) is 0.575. The molecule has 2 unspecified atom stereocenters. The van der Waals surface area contributed by atoms with Crippen molar-refractivity contribution in [2.45, 2.75) is 46.1 Å². The number of hydrogen-bond acceptors (Lipinski definition) is 6. The molecule has 1 rings (SSSR count). The van der Waals surface area contributed by atoms with E-state index in [2.05, 4.69) is 12.9 Å². The minimum Gasteiger partial charge on any atom is -0.447 e. The Morgan fingerprint density at radius 2 is 2.15 bits per heavy atom. The van der Waals surface area contributed by atoms with Gasteiger partial charge in [-0.1, -0.05) is 20.8 Å². The number of carbonyl (C=O) groups excluding carboxylic acids is 3. The summed E-state index contributed by atoms with van der Waals surface area (Å²) >= 11 is 3.80. The lowest BCUT2D eigenvalue weighted by Gasteiger charge is -2.33. The van der Waals surface area contributed by atoms with Crippen LogP contribution in [0.3, 0.4) is 0 Å². The molecule has 20 heavy (non-hydrogen) atoms. The van der Waals surface area contributed by atoms with Gasteiger partial charge in [-0.05, 0) is 19.3 Å². The van der Waals surface area contributed by atoms with Gasteiger partial charge in [-0.2, -0.15) is 0 Å². The van der Waals surface area contributed by atoms with E-state index in [1.54, 1.807) is 13.8 Å². The van der Waals surface area contributed by atoms with Gasteiger partial charge in [0.25, 0.3) is 0 Å². The van der Waals surface area contributed by atoms with Crippen molar-refractivity contribution in [3.05, 3.63) is 0 Å². The number of amides is 2. The van der Waals surface area contributed by atoms with Crippen molar-refractivity contribution >= 4 is 30.7 Å². The zero-order chi connectivity index (χ0) is 15.3. The van der Waals surface area contributed by atoms with Crippen LogP contribution in [0.2, 0.25) is 0 Å². The van der Waals surface area contributed by atoms with E-state index in [4.69, 9.17) is 8.92 Å². The van der Waals surface area contributed by atoms with Gasteiger partial charge in [-0.15, -0.1) is 0 Å². The second-order valence-corrected chi connectivity index (χ2v) is 5.22. The summed E-state index contributed by atoms with van der Waals surface area (Å²) in [4.78, 5) is 36.6. The summed E-state index contributed by atoms with van der Waals surface area (Å²) in [6.07, 6.45) is -0.507. The van der Waals surface area contributed by atoms with E-state index >= 15 is 0 Å². The summed E-state index contributed by atoms with van der Waals surface area (Å²) in [7, 11) is 0. The SMILES string of the molecule is CCC(=O)C(C)(CC)C(CC(=O)N1CCOC1=O)OS. The van der Waals surface area contributed by atoms with Gasteiger partial charge in [0.2, 0.25) is 5.91 Å². The molecule has 0 bridgehead atoms. The molecule has 1 aliphatic rings. The normalized spacial score (nSPS) is 19.4. The van der Waals surface area contributed by atoms with E-state index in [1.807, 2.05) is 6.92 Å². The fourth-order valence-electron chi connectivity index (χ4n) is 2.28. The zero-order valence-electron chi connectivity index (χ0n) is 12.0. The highest BCUT2D eigenvalue weighted by molar-refractivity contribution is 7.75. The maximum Gasteiger partial charge on any atom is 0.416 e. The van der Waals surface area contributed by atoms with Crippen molar-refractivity contribution in [2.24, 2.45) is 5.41 Å². The van der Waals surface area contributed by atoms with Gasteiger partial charge >= 0.3 is 6.09 Å². The summed E-state index contributed by atoms with van der Waals surface area (Å²) < 4.78 is 9.79. The van der Waals surface area contributed by atoms with Gasteiger partial charge in [0.15, 0.2) is 0 Å². The Kier molecular flexibility index (Phi) is 6.01. The Morgan fingerprint density at radius 1 is 1.50 bits per heavy atom. The first-order chi connectivity index (χ1) is 9.40. The van der Waals surface area contributed by atoms with Crippen molar-refractivity contribution in [3.63, 3.8) is 0 Å². The molecule has 2 amide bonds. The van der Waals surface area contributed by atoms with E-state index in [-0.39, 0.29) is 25.4 Å². The Labute approximate surface area is 124 Å². The van der Waals surface area contributed by atoms with Crippen LogP contribution in [0.15, 0.2) is 0 Å². The van der Waals surface area contributed by atoms with E-state index < -0.39 is 23.5 Å². The highest BCUT2D eigenvalue weighted by Crippen LogP contribution is 2.34. The Hall–Kier alpha value is -1.08. The molecule has 0 aliphatic carbocycles. The van der Waals surface area contributed by atoms with Crippen LogP contribution < -0.4 is 0 Å². The average molecular weight is 303 g/mol. The molecule has 2 atom stereocenters. The standard InChI is InChI=1S/C13H21NO5S/c1-4-9(15)13(3,5-2)10(19-20)8-11(16)14-6-7-18-12(14)17/h10,20H,4-8H2,1-3H3. The van der Waals surface area contributed by atoms with Gasteiger partial charge < -0.3 is 8.92 Å². The number of rotatable bonds is 7. The fraction of sp³-hybridized carbons (Fsp3) is 0.769. The topological polar surface area (TPSA) is 72.9 Å². The largest absolute Gasteiger partial charge is 0.447 e. The van der Waals surface area contributed by atoms with Gasteiger partial charge in [0, 0.05) is 6.42 Å². The number of carbonyl (C=O) groups is 3. The molecule has 0 radical (unpaired) electrons. The number of cyclic esters (lactones) is 1. The lowest BCUT2D eigenvalue weighted by atomic mass is 9.75. The van der Waals surface area contributed by atoms with Gasteiger partial charge in [0.05, 0.1) is 24.5 Å². The molecule has 7 heteroatoms. The number of ketones is 1. The van der Waals surface area contributed by atoms with Crippen LogP contribution in [0.5, 0.6) is 0 Å². The van der Waals surface area contributed by atoms with Crippen LogP contribution in [0.4, 0.5) is 4.79 Å². The predicted molar refractivity (Wildman–Crippen MR) is 75.2 cm³/mol. The third kappa shape index (κ3) is 3.32. The Balaban J connectivity index is 2.82. The van der Waals surface area contributed by atoms with Crippen LogP contribution in [-0.4, -0.2) is 41.9 Å². The summed E-state index contributed by atoms with van der Waals surface area (Å²) in [5.74, 6) is -0.397. The fourth-order valence-corrected chi connectivity index (χ4v) is 2.58. The summed E-state index contributed by atoms with van der Waals surface area (Å²) in [6.45, 7) is 5.83. The minimum absolute atomic E-state index is 0.0100. The van der Waals surface area contributed by atoms with Crippen molar-refractivity contribution in [1.82, 2.24) is 4.90 Å². The maximum absolute atomic E-state index is 12.1. The van der Waals surface area contributed by atoms with Crippen molar-refractivity contribution in [1.29, 1.82) is 0 Å². The molecule has 0 N–H and O–H groups in total. The lowest BCUT2D eigenvalue weighted by Crippen LogP contribution is -2.44. The van der Waals surface area contributed by atoms with Gasteiger partial charge in [-0.3, -0.25) is 9.59 Å². The molecule has 0 aromatic rings. The van der Waals surface area contributed by atoms with Crippen LogP contribution in [0.25, 0.3) is 0 Å². The number of imide groups is 1. The molecule has 1 aliphatic heterocycles. The molecule has 0 aromatic heterocycles. The van der Waals surface area contributed by atoms with Crippen LogP contribution in [0.1, 0.15) is 40.0 Å². The minimum atomic E-state index is -0.796. The first-order valence-electron chi connectivity index (χ1n) is 6.71. The molecule has 114 valence electrons. The molecule has 0 spiro atoms. The Morgan fingerprint density at radius 3 is 2.55 bits per heavy atom. The van der Waals surface area contributed by atoms with E-state index in [0.29, 0.717) is 12.8 Å². The first kappa shape index (κ1) is 17.0. The van der Waals surface area contributed by atoms with Crippen molar-refractivity contribution in [3.8, 4) is 0 Å².